The van der Waals surface area contributed by atoms with E-state index < -0.39 is 5.97 Å². The molecule has 0 spiro atoms. The molecule has 0 amide bonds. The van der Waals surface area contributed by atoms with Gasteiger partial charge in [0.25, 0.3) is 0 Å². The Bertz CT molecular complexity index is 833. The number of hydrogen-bond donors (Lipinski definition) is 2. The number of carboxylic acid groups (broad SMARTS) is 1. The van der Waals surface area contributed by atoms with Crippen LogP contribution in [0.2, 0.25) is 0 Å². The Kier molecular flexibility index (Phi) is 3.43. The molecule has 4 nitrogen and oxygen atoms in total. The third-order valence-electron chi connectivity index (χ3n) is 3.70. The van der Waals surface area contributed by atoms with Crippen molar-refractivity contribution in [2.75, 3.05) is 5.73 Å². The number of nitrogen functional groups attached to an aromatic ring is 1. The summed E-state index contributed by atoms with van der Waals surface area (Å²) in [7, 11) is 0. The summed E-state index contributed by atoms with van der Waals surface area (Å²) in [6.07, 6.45) is 3.81. The molecule has 0 radical (unpaired) electrons. The Morgan fingerprint density at radius 2 is 1.68 bits per heavy atom. The van der Waals surface area contributed by atoms with Crippen LogP contribution in [0.3, 0.4) is 0 Å². The molecule has 2 aromatic carbocycles. The second-order valence-corrected chi connectivity index (χ2v) is 5.20. The average molecular weight is 292 g/mol. The SMILES string of the molecule is Cc1ccccc1-c1cn(-c2ccc(C(=O)O)cc2)cc1N. The summed E-state index contributed by atoms with van der Waals surface area (Å²) in [5.74, 6) is -0.931. The van der Waals surface area contributed by atoms with Crippen LogP contribution < -0.4 is 5.73 Å². The number of nitrogens with two attached hydrogens (primary N) is 1. The molecular formula is C18H16N2O2. The van der Waals surface area contributed by atoms with E-state index >= 15 is 0 Å². The third-order valence-corrected chi connectivity index (χ3v) is 3.70. The van der Waals surface area contributed by atoms with Crippen molar-refractivity contribution in [3.05, 3.63) is 72.1 Å². The molecular weight excluding hydrogens is 276 g/mol. The zero-order valence-corrected chi connectivity index (χ0v) is 12.2. The standard InChI is InChI=1S/C18H16N2O2/c1-12-4-2-3-5-15(12)16-10-20(11-17(16)19)14-8-6-13(7-9-14)18(21)22/h2-11H,19H2,1H3,(H,21,22). The summed E-state index contributed by atoms with van der Waals surface area (Å²) >= 11 is 0. The fraction of sp³-hybridized carbons (Fsp3) is 0.0556. The topological polar surface area (TPSA) is 68.2 Å². The molecule has 3 rings (SSSR count). The molecule has 0 fully saturated rings. The second-order valence-electron chi connectivity index (χ2n) is 5.20. The number of aromatic carboxylic acids is 1. The lowest BCUT2D eigenvalue weighted by molar-refractivity contribution is 0.0697. The molecule has 3 aromatic rings. The van der Waals surface area contributed by atoms with Crippen molar-refractivity contribution >= 4 is 11.7 Å². The van der Waals surface area contributed by atoms with Crippen LogP contribution >= 0.6 is 0 Å². The van der Waals surface area contributed by atoms with Gasteiger partial charge in [0.05, 0.1) is 11.3 Å². The lowest BCUT2D eigenvalue weighted by atomic mass is 10.0. The number of rotatable bonds is 3. The van der Waals surface area contributed by atoms with Gasteiger partial charge in [0, 0.05) is 23.6 Å². The van der Waals surface area contributed by atoms with E-state index in [1.165, 1.54) is 0 Å². The van der Waals surface area contributed by atoms with Crippen LogP contribution in [0.4, 0.5) is 5.69 Å². The number of carbonyl (C=O) groups is 1. The van der Waals surface area contributed by atoms with E-state index in [4.69, 9.17) is 10.8 Å². The summed E-state index contributed by atoms with van der Waals surface area (Å²) in [5.41, 5.74) is 11.2. The van der Waals surface area contributed by atoms with Crippen molar-refractivity contribution in [1.29, 1.82) is 0 Å². The molecule has 1 heterocycles. The van der Waals surface area contributed by atoms with E-state index in [2.05, 4.69) is 0 Å². The highest BCUT2D eigenvalue weighted by Gasteiger charge is 2.10. The zero-order valence-electron chi connectivity index (χ0n) is 12.2. The van der Waals surface area contributed by atoms with Gasteiger partial charge in [0.2, 0.25) is 0 Å². The maximum atomic E-state index is 10.9. The predicted octanol–water partition coefficient (Wildman–Crippen LogP) is 3.73. The summed E-state index contributed by atoms with van der Waals surface area (Å²) < 4.78 is 1.91. The van der Waals surface area contributed by atoms with Gasteiger partial charge in [0.1, 0.15) is 0 Å². The van der Waals surface area contributed by atoms with Gasteiger partial charge in [0.15, 0.2) is 0 Å². The van der Waals surface area contributed by atoms with E-state index in [0.29, 0.717) is 5.69 Å². The van der Waals surface area contributed by atoms with Crippen molar-refractivity contribution in [2.24, 2.45) is 0 Å². The molecule has 0 saturated carbocycles. The highest BCUT2D eigenvalue weighted by molar-refractivity contribution is 5.87. The quantitative estimate of drug-likeness (QED) is 0.772. The molecule has 0 aliphatic carbocycles. The normalized spacial score (nSPS) is 10.6. The number of hydrogen-bond acceptors (Lipinski definition) is 2. The number of nitrogens with zero attached hydrogens (tertiary/aromatic N) is 1. The molecule has 0 aliphatic heterocycles. The molecule has 0 saturated heterocycles. The maximum Gasteiger partial charge on any atom is 0.335 e. The van der Waals surface area contributed by atoms with Crippen LogP contribution in [0, 0.1) is 6.92 Å². The Morgan fingerprint density at radius 3 is 2.32 bits per heavy atom. The van der Waals surface area contributed by atoms with Gasteiger partial charge in [-0.25, -0.2) is 4.79 Å². The first-order valence-corrected chi connectivity index (χ1v) is 6.93. The van der Waals surface area contributed by atoms with Crippen LogP contribution in [-0.2, 0) is 0 Å². The summed E-state index contributed by atoms with van der Waals surface area (Å²) in [6, 6.07) is 14.8. The molecule has 0 bridgehead atoms. The molecule has 3 N–H and O–H groups in total. The van der Waals surface area contributed by atoms with Gasteiger partial charge in [-0.05, 0) is 42.3 Å². The van der Waals surface area contributed by atoms with Gasteiger partial charge in [-0.3, -0.25) is 0 Å². The highest BCUT2D eigenvalue weighted by atomic mass is 16.4. The molecule has 1 aromatic heterocycles. The number of carboxylic acids is 1. The van der Waals surface area contributed by atoms with Crippen LogP contribution in [0.25, 0.3) is 16.8 Å². The van der Waals surface area contributed by atoms with Crippen molar-refractivity contribution < 1.29 is 9.90 Å². The lowest BCUT2D eigenvalue weighted by Crippen LogP contribution is -1.97. The number of anilines is 1. The van der Waals surface area contributed by atoms with Crippen LogP contribution in [0.1, 0.15) is 15.9 Å². The summed E-state index contributed by atoms with van der Waals surface area (Å²) in [5, 5.41) is 8.95. The smallest absolute Gasteiger partial charge is 0.335 e. The van der Waals surface area contributed by atoms with Crippen LogP contribution in [0.15, 0.2) is 60.9 Å². The second kappa shape index (κ2) is 5.41. The Labute approximate surface area is 128 Å². The molecule has 0 unspecified atom stereocenters. The maximum absolute atomic E-state index is 10.9. The third kappa shape index (κ3) is 2.46. The monoisotopic (exact) mass is 292 g/mol. The predicted molar refractivity (Wildman–Crippen MR) is 87.3 cm³/mol. The number of benzene rings is 2. The molecule has 4 heteroatoms. The minimum absolute atomic E-state index is 0.267. The van der Waals surface area contributed by atoms with Crippen molar-refractivity contribution in [3.8, 4) is 16.8 Å². The fourth-order valence-corrected chi connectivity index (χ4v) is 2.50. The van der Waals surface area contributed by atoms with Crippen molar-refractivity contribution in [2.45, 2.75) is 6.92 Å². The van der Waals surface area contributed by atoms with E-state index in [1.54, 1.807) is 24.3 Å². The van der Waals surface area contributed by atoms with E-state index in [0.717, 1.165) is 22.4 Å². The minimum atomic E-state index is -0.931. The van der Waals surface area contributed by atoms with Crippen molar-refractivity contribution in [3.63, 3.8) is 0 Å². The fourth-order valence-electron chi connectivity index (χ4n) is 2.50. The largest absolute Gasteiger partial charge is 0.478 e. The molecule has 0 atom stereocenters. The van der Waals surface area contributed by atoms with Gasteiger partial charge < -0.3 is 15.4 Å². The van der Waals surface area contributed by atoms with Gasteiger partial charge in [-0.2, -0.15) is 0 Å². The molecule has 0 aliphatic rings. The number of aryl methyl sites for hydroxylation is 1. The minimum Gasteiger partial charge on any atom is -0.478 e. The van der Waals surface area contributed by atoms with E-state index in [1.807, 2.05) is 48.1 Å². The first kappa shape index (κ1) is 13.9. The van der Waals surface area contributed by atoms with E-state index in [-0.39, 0.29) is 5.56 Å². The van der Waals surface area contributed by atoms with Crippen LogP contribution in [0.5, 0.6) is 0 Å². The summed E-state index contributed by atoms with van der Waals surface area (Å²) in [6.45, 7) is 2.05. The van der Waals surface area contributed by atoms with Gasteiger partial charge in [-0.15, -0.1) is 0 Å². The van der Waals surface area contributed by atoms with Gasteiger partial charge >= 0.3 is 5.97 Å². The Hall–Kier alpha value is -3.01. The highest BCUT2D eigenvalue weighted by Crippen LogP contribution is 2.30. The average Bonchev–Trinajstić information content (AvgIpc) is 2.90. The molecule has 22 heavy (non-hydrogen) atoms. The van der Waals surface area contributed by atoms with E-state index in [9.17, 15) is 4.79 Å². The van der Waals surface area contributed by atoms with Gasteiger partial charge in [-0.1, -0.05) is 24.3 Å². The molecule has 110 valence electrons. The summed E-state index contributed by atoms with van der Waals surface area (Å²) in [4.78, 5) is 10.9. The van der Waals surface area contributed by atoms with Crippen LogP contribution in [-0.4, -0.2) is 15.6 Å². The van der Waals surface area contributed by atoms with Crippen molar-refractivity contribution in [1.82, 2.24) is 4.57 Å². The Morgan fingerprint density at radius 1 is 1.00 bits per heavy atom. The first-order valence-electron chi connectivity index (χ1n) is 6.93. The first-order chi connectivity index (χ1) is 10.6. The zero-order chi connectivity index (χ0) is 15.7. The number of aromatic nitrogens is 1. The lowest BCUT2D eigenvalue weighted by Gasteiger charge is -2.04. The Balaban J connectivity index is 2.02.